The molecule has 0 aliphatic carbocycles. The minimum absolute atomic E-state index is 0.0217. The zero-order valence-electron chi connectivity index (χ0n) is 14.5. The highest BCUT2D eigenvalue weighted by Gasteiger charge is 2.41. The molecule has 2 heterocycles. The number of aromatic nitrogens is 3. The first-order valence-corrected chi connectivity index (χ1v) is 7.58. The predicted molar refractivity (Wildman–Crippen MR) is 82.2 cm³/mol. The van der Waals surface area contributed by atoms with Crippen molar-refractivity contribution in [3.8, 4) is 11.6 Å². The standard InChI is InChI=1S/C16H18F5N3O2/c1-8-5-23-24(15(2,3)4)14(8)26-10-7-22-6-9(12(25)13(17)18)11(10)16(19,20)21/h5-7,12-13,25H,1-4H3. The first-order chi connectivity index (χ1) is 11.8. The maximum absolute atomic E-state index is 13.5. The van der Waals surface area contributed by atoms with Crippen molar-refractivity contribution in [1.29, 1.82) is 0 Å². The van der Waals surface area contributed by atoms with Crippen LogP contribution in [0, 0.1) is 6.92 Å². The fourth-order valence-corrected chi connectivity index (χ4v) is 2.32. The Labute approximate surface area is 146 Å². The molecule has 2 aromatic heterocycles. The summed E-state index contributed by atoms with van der Waals surface area (Å²) in [5.74, 6) is -0.766. The van der Waals surface area contributed by atoms with Crippen molar-refractivity contribution < 1.29 is 31.8 Å². The molecular weight excluding hydrogens is 361 g/mol. The van der Waals surface area contributed by atoms with Gasteiger partial charge in [-0.3, -0.25) is 4.98 Å². The highest BCUT2D eigenvalue weighted by atomic mass is 19.4. The molecule has 0 fully saturated rings. The van der Waals surface area contributed by atoms with Crippen LogP contribution in [0.1, 0.15) is 43.6 Å². The van der Waals surface area contributed by atoms with Gasteiger partial charge >= 0.3 is 6.18 Å². The van der Waals surface area contributed by atoms with Crippen molar-refractivity contribution in [3.63, 3.8) is 0 Å². The molecule has 0 aliphatic rings. The van der Waals surface area contributed by atoms with Crippen LogP contribution in [-0.4, -0.2) is 26.3 Å². The lowest BCUT2D eigenvalue weighted by molar-refractivity contribution is -0.141. The molecule has 0 aromatic carbocycles. The van der Waals surface area contributed by atoms with E-state index in [0.717, 1.165) is 6.20 Å². The molecule has 0 saturated carbocycles. The summed E-state index contributed by atoms with van der Waals surface area (Å²) in [7, 11) is 0. The van der Waals surface area contributed by atoms with Gasteiger partial charge in [0.1, 0.15) is 11.7 Å². The molecule has 1 atom stereocenters. The number of aliphatic hydroxyl groups is 1. The lowest BCUT2D eigenvalue weighted by atomic mass is 10.0. The SMILES string of the molecule is Cc1cnn(C(C)(C)C)c1Oc1cncc(C(O)C(F)F)c1C(F)(F)F. The highest BCUT2D eigenvalue weighted by molar-refractivity contribution is 5.43. The smallest absolute Gasteiger partial charge is 0.420 e. The van der Waals surface area contributed by atoms with Gasteiger partial charge in [0.05, 0.1) is 17.9 Å². The second-order valence-corrected chi connectivity index (χ2v) is 6.70. The van der Waals surface area contributed by atoms with Gasteiger partial charge in [0.15, 0.2) is 5.75 Å². The summed E-state index contributed by atoms with van der Waals surface area (Å²) in [4.78, 5) is 3.52. The number of hydrogen-bond acceptors (Lipinski definition) is 4. The van der Waals surface area contributed by atoms with Gasteiger partial charge in [-0.05, 0) is 27.7 Å². The third-order valence-electron chi connectivity index (χ3n) is 3.52. The molecule has 0 amide bonds. The lowest BCUT2D eigenvalue weighted by Crippen LogP contribution is -2.24. The molecule has 26 heavy (non-hydrogen) atoms. The summed E-state index contributed by atoms with van der Waals surface area (Å²) in [5, 5.41) is 13.5. The van der Waals surface area contributed by atoms with E-state index in [1.165, 1.54) is 10.9 Å². The van der Waals surface area contributed by atoms with Crippen LogP contribution in [0.15, 0.2) is 18.6 Å². The Balaban J connectivity index is 2.62. The van der Waals surface area contributed by atoms with Crippen LogP contribution >= 0.6 is 0 Å². The Kier molecular flexibility index (Phi) is 5.27. The fourth-order valence-electron chi connectivity index (χ4n) is 2.32. The molecule has 1 unspecified atom stereocenters. The number of halogens is 5. The number of ether oxygens (including phenoxy) is 1. The quantitative estimate of drug-likeness (QED) is 0.798. The largest absolute Gasteiger partial charge is 0.437 e. The third kappa shape index (κ3) is 3.95. The van der Waals surface area contributed by atoms with E-state index in [-0.39, 0.29) is 5.88 Å². The molecule has 0 aliphatic heterocycles. The monoisotopic (exact) mass is 379 g/mol. The molecule has 1 N–H and O–H groups in total. The van der Waals surface area contributed by atoms with E-state index in [1.54, 1.807) is 27.7 Å². The number of rotatable bonds is 4. The number of aliphatic hydroxyl groups excluding tert-OH is 1. The summed E-state index contributed by atoms with van der Waals surface area (Å²) in [6.45, 7) is 6.90. The second kappa shape index (κ2) is 6.82. The number of pyridine rings is 1. The van der Waals surface area contributed by atoms with Gasteiger partial charge in [0.2, 0.25) is 5.88 Å². The molecule has 0 saturated heterocycles. The minimum Gasteiger partial charge on any atom is -0.437 e. The molecule has 10 heteroatoms. The summed E-state index contributed by atoms with van der Waals surface area (Å²) in [6.07, 6.45) is -8.35. The van der Waals surface area contributed by atoms with Crippen LogP contribution in [-0.2, 0) is 11.7 Å². The second-order valence-electron chi connectivity index (χ2n) is 6.70. The van der Waals surface area contributed by atoms with Crippen LogP contribution in [0.4, 0.5) is 22.0 Å². The topological polar surface area (TPSA) is 60.2 Å². The summed E-state index contributed by atoms with van der Waals surface area (Å²) in [6, 6.07) is 0. The van der Waals surface area contributed by atoms with Gasteiger partial charge in [-0.15, -0.1) is 0 Å². The van der Waals surface area contributed by atoms with E-state index >= 15 is 0 Å². The van der Waals surface area contributed by atoms with E-state index in [2.05, 4.69) is 10.1 Å². The van der Waals surface area contributed by atoms with Crippen LogP contribution in [0.5, 0.6) is 11.6 Å². The van der Waals surface area contributed by atoms with Crippen molar-refractivity contribution in [3.05, 3.63) is 35.3 Å². The fraction of sp³-hybridized carbons (Fsp3) is 0.500. The van der Waals surface area contributed by atoms with Gasteiger partial charge in [0.25, 0.3) is 6.43 Å². The Morgan fingerprint density at radius 3 is 2.23 bits per heavy atom. The Bertz CT molecular complexity index is 781. The average Bonchev–Trinajstić information content (AvgIpc) is 2.86. The Morgan fingerprint density at radius 1 is 1.12 bits per heavy atom. The molecule has 0 bridgehead atoms. The zero-order chi connectivity index (χ0) is 19.9. The van der Waals surface area contributed by atoms with Gasteiger partial charge in [-0.1, -0.05) is 0 Å². The molecule has 5 nitrogen and oxygen atoms in total. The molecule has 2 aromatic rings. The van der Waals surface area contributed by atoms with E-state index in [4.69, 9.17) is 4.74 Å². The maximum Gasteiger partial charge on any atom is 0.420 e. The first kappa shape index (κ1) is 20.1. The predicted octanol–water partition coefficient (Wildman–Crippen LogP) is 4.45. The van der Waals surface area contributed by atoms with E-state index in [9.17, 15) is 27.1 Å². The van der Waals surface area contributed by atoms with Crippen LogP contribution in [0.25, 0.3) is 0 Å². The molecule has 2 rings (SSSR count). The van der Waals surface area contributed by atoms with Gasteiger partial charge in [0, 0.05) is 17.3 Å². The van der Waals surface area contributed by atoms with Gasteiger partial charge in [-0.2, -0.15) is 18.3 Å². The van der Waals surface area contributed by atoms with E-state index in [0.29, 0.717) is 11.8 Å². The van der Waals surface area contributed by atoms with Crippen molar-refractivity contribution in [2.24, 2.45) is 0 Å². The van der Waals surface area contributed by atoms with Gasteiger partial charge in [-0.25, -0.2) is 13.5 Å². The number of aryl methyl sites for hydroxylation is 1. The summed E-state index contributed by atoms with van der Waals surface area (Å²) < 4.78 is 72.9. The summed E-state index contributed by atoms with van der Waals surface area (Å²) in [5.41, 5.74) is -2.70. The van der Waals surface area contributed by atoms with Crippen molar-refractivity contribution in [2.45, 2.75) is 51.9 Å². The number of hydrogen-bond donors (Lipinski definition) is 1. The number of nitrogens with zero attached hydrogens (tertiary/aromatic N) is 3. The number of alkyl halides is 5. The molecule has 0 spiro atoms. The highest BCUT2D eigenvalue weighted by Crippen LogP contribution is 2.43. The molecule has 0 radical (unpaired) electrons. The molecule has 144 valence electrons. The van der Waals surface area contributed by atoms with E-state index < -0.39 is 41.1 Å². The Morgan fingerprint density at radius 2 is 1.73 bits per heavy atom. The van der Waals surface area contributed by atoms with Crippen LogP contribution < -0.4 is 4.74 Å². The van der Waals surface area contributed by atoms with Gasteiger partial charge < -0.3 is 9.84 Å². The Hall–Kier alpha value is -2.23. The minimum atomic E-state index is -5.04. The van der Waals surface area contributed by atoms with Crippen molar-refractivity contribution in [1.82, 2.24) is 14.8 Å². The average molecular weight is 379 g/mol. The lowest BCUT2D eigenvalue weighted by Gasteiger charge is -2.24. The normalized spacial score (nSPS) is 14.0. The third-order valence-corrected chi connectivity index (χ3v) is 3.52. The summed E-state index contributed by atoms with van der Waals surface area (Å²) >= 11 is 0. The molecular formula is C16H18F5N3O2. The van der Waals surface area contributed by atoms with Crippen LogP contribution in [0.3, 0.4) is 0 Å². The van der Waals surface area contributed by atoms with Crippen molar-refractivity contribution in [2.75, 3.05) is 0 Å². The maximum atomic E-state index is 13.5. The zero-order valence-corrected chi connectivity index (χ0v) is 14.5. The van der Waals surface area contributed by atoms with Crippen molar-refractivity contribution >= 4 is 0 Å². The first-order valence-electron chi connectivity index (χ1n) is 7.58. The van der Waals surface area contributed by atoms with E-state index in [1.807, 2.05) is 0 Å². The van der Waals surface area contributed by atoms with Crippen LogP contribution in [0.2, 0.25) is 0 Å².